The van der Waals surface area contributed by atoms with Crippen LogP contribution in [0, 0.1) is 0 Å². The fourth-order valence-electron chi connectivity index (χ4n) is 1.90. The fourth-order valence-corrected chi connectivity index (χ4v) is 2.30. The van der Waals surface area contributed by atoms with Crippen LogP contribution in [0.2, 0.25) is 0 Å². The molecule has 2 nitrogen and oxygen atoms in total. The number of nitrogen functional groups attached to an aromatic ring is 1. The Morgan fingerprint density at radius 3 is 3.14 bits per heavy atom. The second-order valence-electron chi connectivity index (χ2n) is 3.62. The summed E-state index contributed by atoms with van der Waals surface area (Å²) in [6.45, 7) is 2.29. The summed E-state index contributed by atoms with van der Waals surface area (Å²) in [6, 6.07) is 6.25. The molecule has 0 bridgehead atoms. The van der Waals surface area contributed by atoms with Crippen LogP contribution in [0.1, 0.15) is 5.56 Å². The Balaban J connectivity index is 2.16. The van der Waals surface area contributed by atoms with E-state index in [9.17, 15) is 0 Å². The van der Waals surface area contributed by atoms with Gasteiger partial charge < -0.3 is 10.6 Å². The van der Waals surface area contributed by atoms with Crippen molar-refractivity contribution in [3.05, 3.63) is 23.8 Å². The number of fused-ring (bicyclic) bond motifs is 1. The van der Waals surface area contributed by atoms with E-state index in [1.165, 1.54) is 23.4 Å². The topological polar surface area (TPSA) is 29.3 Å². The van der Waals surface area contributed by atoms with Gasteiger partial charge in [0.25, 0.3) is 0 Å². The predicted octanol–water partition coefficient (Wildman–Crippen LogP) is 1.99. The summed E-state index contributed by atoms with van der Waals surface area (Å²) >= 11 is 1.89. The molecule has 3 heteroatoms. The molecule has 0 radical (unpaired) electrons. The van der Waals surface area contributed by atoms with E-state index in [1.807, 2.05) is 17.8 Å². The van der Waals surface area contributed by atoms with Gasteiger partial charge in [-0.15, -0.1) is 0 Å². The summed E-state index contributed by atoms with van der Waals surface area (Å²) < 4.78 is 0. The van der Waals surface area contributed by atoms with Gasteiger partial charge >= 0.3 is 0 Å². The fraction of sp³-hybridized carbons (Fsp3) is 0.455. The van der Waals surface area contributed by atoms with Crippen LogP contribution in [0.25, 0.3) is 0 Å². The van der Waals surface area contributed by atoms with Crippen LogP contribution >= 0.6 is 11.8 Å². The van der Waals surface area contributed by atoms with E-state index >= 15 is 0 Å². The summed E-state index contributed by atoms with van der Waals surface area (Å²) in [5.41, 5.74) is 9.46. The Kier molecular flexibility index (Phi) is 2.87. The quantitative estimate of drug-likeness (QED) is 0.770. The molecule has 2 rings (SSSR count). The summed E-state index contributed by atoms with van der Waals surface area (Å²) in [5.74, 6) is 1.19. The molecule has 0 aliphatic carbocycles. The average molecular weight is 208 g/mol. The lowest BCUT2D eigenvalue weighted by Gasteiger charge is -2.18. The van der Waals surface area contributed by atoms with Crippen LogP contribution in [0.5, 0.6) is 0 Å². The van der Waals surface area contributed by atoms with Crippen LogP contribution < -0.4 is 10.6 Å². The van der Waals surface area contributed by atoms with Crippen molar-refractivity contribution in [3.8, 4) is 0 Å². The smallest absolute Gasteiger partial charge is 0.0420 e. The normalized spacial score (nSPS) is 14.5. The predicted molar refractivity (Wildman–Crippen MR) is 65.2 cm³/mol. The van der Waals surface area contributed by atoms with Gasteiger partial charge in [-0.05, 0) is 30.4 Å². The van der Waals surface area contributed by atoms with Crippen LogP contribution in [-0.4, -0.2) is 25.1 Å². The van der Waals surface area contributed by atoms with Crippen molar-refractivity contribution in [2.75, 3.05) is 35.7 Å². The zero-order valence-corrected chi connectivity index (χ0v) is 9.31. The molecule has 76 valence electrons. The Hall–Kier alpha value is -0.830. The number of benzene rings is 1. The van der Waals surface area contributed by atoms with Crippen LogP contribution in [0.4, 0.5) is 11.4 Å². The number of hydrogen-bond acceptors (Lipinski definition) is 3. The monoisotopic (exact) mass is 208 g/mol. The molecule has 0 saturated carbocycles. The minimum absolute atomic E-state index is 0.875. The minimum Gasteiger partial charge on any atom is -0.399 e. The first-order valence-electron chi connectivity index (χ1n) is 4.93. The molecule has 0 spiro atoms. The summed E-state index contributed by atoms with van der Waals surface area (Å²) in [4.78, 5) is 2.43. The van der Waals surface area contributed by atoms with Gasteiger partial charge in [-0.25, -0.2) is 0 Å². The van der Waals surface area contributed by atoms with Crippen molar-refractivity contribution in [1.29, 1.82) is 0 Å². The third-order valence-electron chi connectivity index (χ3n) is 2.67. The highest BCUT2D eigenvalue weighted by Gasteiger charge is 2.17. The maximum atomic E-state index is 5.79. The van der Waals surface area contributed by atoms with Gasteiger partial charge in [0.1, 0.15) is 0 Å². The second-order valence-corrected chi connectivity index (χ2v) is 4.60. The van der Waals surface area contributed by atoms with Crippen LogP contribution in [0.15, 0.2) is 18.2 Å². The molecule has 0 amide bonds. The molecule has 1 heterocycles. The molecule has 2 N–H and O–H groups in total. The first kappa shape index (κ1) is 9.71. The van der Waals surface area contributed by atoms with Crippen molar-refractivity contribution < 1.29 is 0 Å². The minimum atomic E-state index is 0.875. The summed E-state index contributed by atoms with van der Waals surface area (Å²) in [5, 5.41) is 0. The Morgan fingerprint density at radius 1 is 1.50 bits per heavy atom. The van der Waals surface area contributed by atoms with E-state index in [1.54, 1.807) is 0 Å². The molecular weight excluding hydrogens is 192 g/mol. The molecule has 0 atom stereocenters. The molecule has 1 aromatic rings. The largest absolute Gasteiger partial charge is 0.399 e. The highest BCUT2D eigenvalue weighted by Crippen LogP contribution is 2.29. The maximum Gasteiger partial charge on any atom is 0.0420 e. The van der Waals surface area contributed by atoms with E-state index in [0.29, 0.717) is 0 Å². The lowest BCUT2D eigenvalue weighted by Crippen LogP contribution is -2.23. The Labute approximate surface area is 89.5 Å². The maximum absolute atomic E-state index is 5.79. The van der Waals surface area contributed by atoms with Gasteiger partial charge in [0.2, 0.25) is 0 Å². The van der Waals surface area contributed by atoms with E-state index in [-0.39, 0.29) is 0 Å². The standard InChI is InChI=1S/C11H16N2S/c1-14-7-6-13-5-4-9-2-3-10(12)8-11(9)13/h2-3,8H,4-7,12H2,1H3. The second kappa shape index (κ2) is 4.13. The zero-order valence-electron chi connectivity index (χ0n) is 8.49. The molecule has 1 aliphatic heterocycles. The van der Waals surface area contributed by atoms with Gasteiger partial charge in [0.05, 0.1) is 0 Å². The van der Waals surface area contributed by atoms with Gasteiger partial charge in [0, 0.05) is 30.2 Å². The van der Waals surface area contributed by atoms with E-state index < -0.39 is 0 Å². The molecule has 0 fully saturated rings. The Bertz CT molecular complexity index is 325. The first-order chi connectivity index (χ1) is 6.81. The average Bonchev–Trinajstić information content (AvgIpc) is 2.57. The molecule has 14 heavy (non-hydrogen) atoms. The molecular formula is C11H16N2S. The lowest BCUT2D eigenvalue weighted by atomic mass is 10.1. The van der Waals surface area contributed by atoms with Crippen molar-refractivity contribution >= 4 is 23.1 Å². The molecule has 0 saturated heterocycles. The van der Waals surface area contributed by atoms with Crippen molar-refractivity contribution in [3.63, 3.8) is 0 Å². The molecule has 1 aromatic carbocycles. The summed E-state index contributed by atoms with van der Waals surface area (Å²) in [7, 11) is 0. The first-order valence-corrected chi connectivity index (χ1v) is 6.33. The van der Waals surface area contributed by atoms with E-state index in [4.69, 9.17) is 5.73 Å². The molecule has 1 aliphatic rings. The van der Waals surface area contributed by atoms with E-state index in [2.05, 4.69) is 23.3 Å². The lowest BCUT2D eigenvalue weighted by molar-refractivity contribution is 0.874. The van der Waals surface area contributed by atoms with Gasteiger partial charge in [0.15, 0.2) is 0 Å². The number of hydrogen-bond donors (Lipinski definition) is 1. The number of nitrogens with two attached hydrogens (primary N) is 1. The van der Waals surface area contributed by atoms with Gasteiger partial charge in [-0.1, -0.05) is 6.07 Å². The highest BCUT2D eigenvalue weighted by molar-refractivity contribution is 7.98. The number of rotatable bonds is 3. The Morgan fingerprint density at radius 2 is 2.36 bits per heavy atom. The SMILES string of the molecule is CSCCN1CCc2ccc(N)cc21. The number of anilines is 2. The third kappa shape index (κ3) is 1.82. The van der Waals surface area contributed by atoms with Crippen molar-refractivity contribution in [2.24, 2.45) is 0 Å². The number of thioether (sulfide) groups is 1. The highest BCUT2D eigenvalue weighted by atomic mass is 32.2. The van der Waals surface area contributed by atoms with Gasteiger partial charge in [-0.3, -0.25) is 0 Å². The van der Waals surface area contributed by atoms with Gasteiger partial charge in [-0.2, -0.15) is 11.8 Å². The third-order valence-corrected chi connectivity index (χ3v) is 3.26. The zero-order chi connectivity index (χ0) is 9.97. The van der Waals surface area contributed by atoms with Crippen LogP contribution in [0.3, 0.4) is 0 Å². The van der Waals surface area contributed by atoms with Crippen molar-refractivity contribution in [2.45, 2.75) is 6.42 Å². The van der Waals surface area contributed by atoms with Crippen molar-refractivity contribution in [1.82, 2.24) is 0 Å². The summed E-state index contributed by atoms with van der Waals surface area (Å²) in [6.07, 6.45) is 3.32. The number of nitrogens with zero attached hydrogens (tertiary/aromatic N) is 1. The van der Waals surface area contributed by atoms with E-state index in [0.717, 1.165) is 18.8 Å². The van der Waals surface area contributed by atoms with Crippen LogP contribution in [-0.2, 0) is 6.42 Å². The molecule has 0 unspecified atom stereocenters. The molecule has 0 aromatic heterocycles.